The molecule has 4 rings (SSSR count). The molecule has 9 heteroatoms. The van der Waals surface area contributed by atoms with Crippen LogP contribution in [-0.2, 0) is 21.4 Å². The molecule has 1 aliphatic rings. The summed E-state index contributed by atoms with van der Waals surface area (Å²) in [6, 6.07) is 14.4. The highest BCUT2D eigenvalue weighted by Crippen LogP contribution is 2.50. The lowest BCUT2D eigenvalue weighted by Crippen LogP contribution is -2.44. The first kappa shape index (κ1) is 32.1. The molecule has 0 saturated carbocycles. The Balaban J connectivity index is 1.84. The van der Waals surface area contributed by atoms with E-state index in [1.807, 2.05) is 39.8 Å². The summed E-state index contributed by atoms with van der Waals surface area (Å²) in [5.41, 5.74) is -4.02. The Bertz CT molecular complexity index is 1550. The number of alkyl halides is 3. The van der Waals surface area contributed by atoms with Gasteiger partial charge in [-0.05, 0) is 61.5 Å². The van der Waals surface area contributed by atoms with Gasteiger partial charge >= 0.3 is 6.18 Å². The molecular weight excluding hydrogens is 555 g/mol. The Morgan fingerprint density at radius 2 is 1.63 bits per heavy atom. The van der Waals surface area contributed by atoms with Crippen LogP contribution in [0, 0.1) is 11.8 Å². The number of nitrogens with zero attached hydrogens (tertiary/aromatic N) is 3. The van der Waals surface area contributed by atoms with E-state index in [1.165, 1.54) is 17.0 Å². The average Bonchev–Trinajstić information content (AvgIpc) is 3.21. The summed E-state index contributed by atoms with van der Waals surface area (Å²) in [7, 11) is 0. The largest absolute Gasteiger partial charge is 0.416 e. The van der Waals surface area contributed by atoms with E-state index in [2.05, 4.69) is 16.7 Å². The van der Waals surface area contributed by atoms with E-state index >= 15 is 0 Å². The van der Waals surface area contributed by atoms with E-state index in [9.17, 15) is 27.9 Å². The third-order valence-electron chi connectivity index (χ3n) is 8.14. The summed E-state index contributed by atoms with van der Waals surface area (Å²) in [6.45, 7) is 10.7. The Morgan fingerprint density at radius 3 is 2.26 bits per heavy atom. The minimum absolute atomic E-state index is 0.00819. The molecule has 3 aromatic carbocycles. The molecule has 1 atom stereocenters. The van der Waals surface area contributed by atoms with Crippen molar-refractivity contribution in [2.45, 2.75) is 52.3 Å². The topological polar surface area (TPSA) is 64.1 Å². The lowest BCUT2D eigenvalue weighted by atomic mass is 9.83. The van der Waals surface area contributed by atoms with Crippen LogP contribution < -0.4 is 4.90 Å². The first-order chi connectivity index (χ1) is 20.5. The van der Waals surface area contributed by atoms with Gasteiger partial charge in [-0.25, -0.2) is 0 Å². The van der Waals surface area contributed by atoms with Gasteiger partial charge in [0.15, 0.2) is 5.60 Å². The molecule has 0 bridgehead atoms. The number of aliphatic hydroxyl groups is 1. The van der Waals surface area contributed by atoms with Crippen LogP contribution in [0.3, 0.4) is 0 Å². The Kier molecular flexibility index (Phi) is 9.83. The summed E-state index contributed by atoms with van der Waals surface area (Å²) < 4.78 is 44.2. The number of anilines is 1. The maximum Gasteiger partial charge on any atom is 0.416 e. The second-order valence-corrected chi connectivity index (χ2v) is 10.5. The summed E-state index contributed by atoms with van der Waals surface area (Å²) in [4.78, 5) is 31.4. The number of carbonyl (C=O) groups excluding carboxylic acids is 2. The molecule has 0 saturated heterocycles. The van der Waals surface area contributed by atoms with Crippen LogP contribution in [-0.4, -0.2) is 66.0 Å². The van der Waals surface area contributed by atoms with Crippen molar-refractivity contribution in [3.8, 4) is 11.8 Å². The van der Waals surface area contributed by atoms with Crippen molar-refractivity contribution in [2.75, 3.05) is 44.2 Å². The van der Waals surface area contributed by atoms with E-state index in [0.29, 0.717) is 38.1 Å². The quantitative estimate of drug-likeness (QED) is 0.303. The minimum Gasteiger partial charge on any atom is -0.372 e. The Labute approximate surface area is 251 Å². The Hall–Kier alpha value is -3.87. The molecule has 0 aromatic heterocycles. The van der Waals surface area contributed by atoms with Gasteiger partial charge in [0.05, 0.1) is 11.3 Å². The second-order valence-electron chi connectivity index (χ2n) is 10.5. The maximum atomic E-state index is 14.7. The first-order valence-corrected chi connectivity index (χ1v) is 14.8. The van der Waals surface area contributed by atoms with Gasteiger partial charge in [-0.15, -0.1) is 0 Å². The molecule has 1 N–H and O–H groups in total. The first-order valence-electron chi connectivity index (χ1n) is 14.8. The van der Waals surface area contributed by atoms with Gasteiger partial charge in [0.1, 0.15) is 0 Å². The third kappa shape index (κ3) is 6.41. The fourth-order valence-corrected chi connectivity index (χ4v) is 5.68. The molecule has 43 heavy (non-hydrogen) atoms. The predicted octanol–water partition coefficient (Wildman–Crippen LogP) is 5.78. The number of rotatable bonds is 10. The van der Waals surface area contributed by atoms with Crippen molar-refractivity contribution in [3.05, 3.63) is 76.9 Å². The van der Waals surface area contributed by atoms with Crippen molar-refractivity contribution in [2.24, 2.45) is 0 Å². The van der Waals surface area contributed by atoms with E-state index in [-0.39, 0.29) is 42.1 Å². The van der Waals surface area contributed by atoms with Crippen molar-refractivity contribution >= 4 is 28.3 Å². The van der Waals surface area contributed by atoms with E-state index in [1.54, 1.807) is 29.2 Å². The molecule has 1 aliphatic heterocycles. The lowest BCUT2D eigenvalue weighted by Gasteiger charge is -2.26. The SMILES string of the molecule is CCN(CC)CCN1C(=O)C(O)(c2ccc3ccccc3c2)c2c1cc(C#CCCC(=O)N(CC)CC)cc2C(F)(F)F. The fraction of sp³-hybridized carbons (Fsp3) is 0.412. The molecule has 0 radical (unpaired) electrons. The normalized spacial score (nSPS) is 16.4. The van der Waals surface area contributed by atoms with Gasteiger partial charge in [-0.1, -0.05) is 62.1 Å². The zero-order chi connectivity index (χ0) is 31.4. The number of halogens is 3. The molecule has 0 fully saturated rings. The highest BCUT2D eigenvalue weighted by atomic mass is 19.4. The van der Waals surface area contributed by atoms with Crippen LogP contribution in [0.5, 0.6) is 0 Å². The molecular formula is C34H38F3N3O3. The molecule has 3 aromatic rings. The highest BCUT2D eigenvalue weighted by molar-refractivity contribution is 6.10. The molecule has 2 amide bonds. The third-order valence-corrected chi connectivity index (χ3v) is 8.14. The standard InChI is InChI=1S/C34H38F3N3O3/c1-5-38(6-2)19-20-40-29-22-24(13-9-12-16-30(41)39(7-3)8-4)21-28(34(35,36)37)31(29)33(43,32(40)42)27-18-17-25-14-10-11-15-26(25)23-27/h10-11,14-15,17-18,21-23,43H,5-8,12,16,19-20H2,1-4H3. The van der Waals surface area contributed by atoms with Crippen molar-refractivity contribution in [1.29, 1.82) is 0 Å². The van der Waals surface area contributed by atoms with Crippen LogP contribution in [0.4, 0.5) is 18.9 Å². The van der Waals surface area contributed by atoms with Gasteiger partial charge in [-0.3, -0.25) is 9.59 Å². The van der Waals surface area contributed by atoms with Crippen molar-refractivity contribution in [1.82, 2.24) is 9.80 Å². The van der Waals surface area contributed by atoms with Crippen LogP contribution in [0.2, 0.25) is 0 Å². The smallest absolute Gasteiger partial charge is 0.372 e. The van der Waals surface area contributed by atoms with Crippen molar-refractivity contribution in [3.63, 3.8) is 0 Å². The molecule has 0 spiro atoms. The molecule has 1 unspecified atom stereocenters. The Morgan fingerprint density at radius 1 is 0.953 bits per heavy atom. The average molecular weight is 594 g/mol. The fourth-order valence-electron chi connectivity index (χ4n) is 5.68. The van der Waals surface area contributed by atoms with Crippen molar-refractivity contribution < 1.29 is 27.9 Å². The van der Waals surface area contributed by atoms with E-state index in [0.717, 1.165) is 11.5 Å². The maximum absolute atomic E-state index is 14.7. The number of amides is 2. The monoisotopic (exact) mass is 593 g/mol. The van der Waals surface area contributed by atoms with Crippen LogP contribution in [0.1, 0.15) is 62.8 Å². The molecule has 1 heterocycles. The van der Waals surface area contributed by atoms with E-state index in [4.69, 9.17) is 0 Å². The molecule has 6 nitrogen and oxygen atoms in total. The van der Waals surface area contributed by atoms with Crippen LogP contribution >= 0.6 is 0 Å². The van der Waals surface area contributed by atoms with Gasteiger partial charge in [-0.2, -0.15) is 13.2 Å². The van der Waals surface area contributed by atoms with Gasteiger partial charge in [0.25, 0.3) is 5.91 Å². The zero-order valence-electron chi connectivity index (χ0n) is 25.1. The number of benzene rings is 3. The number of carbonyl (C=O) groups is 2. The molecule has 0 aliphatic carbocycles. The van der Waals surface area contributed by atoms with Gasteiger partial charge < -0.3 is 19.8 Å². The lowest BCUT2D eigenvalue weighted by molar-refractivity contribution is -0.142. The summed E-state index contributed by atoms with van der Waals surface area (Å²) in [5, 5.41) is 13.6. The minimum atomic E-state index is -4.87. The number of fused-ring (bicyclic) bond motifs is 2. The highest BCUT2D eigenvalue weighted by Gasteiger charge is 2.55. The number of likely N-dealkylation sites (N-methyl/N-ethyl adjacent to an activating group) is 1. The number of hydrogen-bond donors (Lipinski definition) is 1. The van der Waals surface area contributed by atoms with Crippen LogP contribution in [0.15, 0.2) is 54.6 Å². The second kappa shape index (κ2) is 13.2. The summed E-state index contributed by atoms with van der Waals surface area (Å²) in [5.74, 6) is 4.71. The van der Waals surface area contributed by atoms with Gasteiger partial charge in [0, 0.05) is 50.1 Å². The van der Waals surface area contributed by atoms with E-state index < -0.39 is 28.8 Å². The zero-order valence-corrected chi connectivity index (χ0v) is 25.1. The number of hydrogen-bond acceptors (Lipinski definition) is 4. The molecule has 228 valence electrons. The summed E-state index contributed by atoms with van der Waals surface area (Å²) in [6.07, 6.45) is -4.54. The van der Waals surface area contributed by atoms with Gasteiger partial charge in [0.2, 0.25) is 5.91 Å². The predicted molar refractivity (Wildman–Crippen MR) is 163 cm³/mol. The van der Waals surface area contributed by atoms with Crippen LogP contribution in [0.25, 0.3) is 10.8 Å². The summed E-state index contributed by atoms with van der Waals surface area (Å²) >= 11 is 0.